The number of aliphatic hydroxyl groups is 1. The van der Waals surface area contributed by atoms with E-state index in [4.69, 9.17) is 37.0 Å². The molecule has 0 fully saturated rings. The van der Waals surface area contributed by atoms with Gasteiger partial charge in [0.05, 0.1) is 26.4 Å². The molecule has 0 bridgehead atoms. The summed E-state index contributed by atoms with van der Waals surface area (Å²) in [5.74, 6) is 0.115. The first-order valence-electron chi connectivity index (χ1n) is 36.7. The summed E-state index contributed by atoms with van der Waals surface area (Å²) in [7, 11) is -9.92. The van der Waals surface area contributed by atoms with Crippen molar-refractivity contribution in [3.8, 4) is 0 Å². The number of carbonyl (C=O) groups excluding carboxylic acids is 4. The van der Waals surface area contributed by atoms with Crippen molar-refractivity contribution in [3.63, 3.8) is 0 Å². The van der Waals surface area contributed by atoms with Gasteiger partial charge in [0, 0.05) is 25.7 Å². The summed E-state index contributed by atoms with van der Waals surface area (Å²) >= 11 is 0. The molecule has 0 heterocycles. The number of phosphoric ester groups is 2. The number of aliphatic hydroxyl groups excluding tert-OH is 1. The quantitative estimate of drug-likeness (QED) is 0.0169. The largest absolute Gasteiger partial charge is 0.472 e. The maximum absolute atomic E-state index is 13.0. The van der Waals surface area contributed by atoms with E-state index < -0.39 is 97.5 Å². The molecule has 0 saturated carbocycles. The van der Waals surface area contributed by atoms with Gasteiger partial charge >= 0.3 is 39.5 Å². The second kappa shape index (κ2) is 62.4. The number of unbranched alkanes of at least 4 members (excludes halogenated alkanes) is 31. The van der Waals surface area contributed by atoms with Crippen LogP contribution in [-0.2, 0) is 65.4 Å². The van der Waals surface area contributed by atoms with Crippen LogP contribution in [0.25, 0.3) is 0 Å². The predicted molar refractivity (Wildman–Crippen MR) is 367 cm³/mol. The van der Waals surface area contributed by atoms with E-state index in [0.29, 0.717) is 25.7 Å². The Bertz CT molecular complexity index is 1880. The second-order valence-electron chi connectivity index (χ2n) is 26.3. The molecular formula is C72H136O17P2. The Balaban J connectivity index is 5.31. The van der Waals surface area contributed by atoms with Crippen molar-refractivity contribution >= 4 is 39.5 Å². The Labute approximate surface area is 554 Å². The first-order valence-corrected chi connectivity index (χ1v) is 39.7. The lowest BCUT2D eigenvalue weighted by molar-refractivity contribution is -0.161. The fourth-order valence-electron chi connectivity index (χ4n) is 10.3. The van der Waals surface area contributed by atoms with Gasteiger partial charge in [-0.25, -0.2) is 9.13 Å². The van der Waals surface area contributed by atoms with Crippen molar-refractivity contribution in [2.24, 2.45) is 17.8 Å². The van der Waals surface area contributed by atoms with Crippen LogP contribution in [0.3, 0.4) is 0 Å². The topological polar surface area (TPSA) is 237 Å². The molecule has 0 aromatic heterocycles. The summed E-state index contributed by atoms with van der Waals surface area (Å²) in [6, 6.07) is 0. The number of rotatable bonds is 68. The number of hydrogen-bond acceptors (Lipinski definition) is 15. The maximum atomic E-state index is 13.0. The van der Waals surface area contributed by atoms with E-state index >= 15 is 0 Å². The number of ether oxygens (including phenoxy) is 4. The van der Waals surface area contributed by atoms with E-state index in [2.05, 4.69) is 72.8 Å². The summed E-state index contributed by atoms with van der Waals surface area (Å²) in [5.41, 5.74) is 0. The van der Waals surface area contributed by atoms with Crippen LogP contribution in [0.4, 0.5) is 0 Å². The van der Waals surface area contributed by atoms with Crippen LogP contribution in [0.5, 0.6) is 0 Å². The Morgan fingerprint density at radius 3 is 0.978 bits per heavy atom. The molecule has 91 heavy (non-hydrogen) atoms. The minimum absolute atomic E-state index is 0.0843. The molecular weight excluding hydrogens is 1200 g/mol. The molecule has 0 aromatic rings. The van der Waals surface area contributed by atoms with E-state index in [1.165, 1.54) is 128 Å². The van der Waals surface area contributed by atoms with Gasteiger partial charge in [-0.15, -0.1) is 0 Å². The maximum Gasteiger partial charge on any atom is 0.472 e. The molecule has 0 aliphatic rings. The summed E-state index contributed by atoms with van der Waals surface area (Å²) in [5, 5.41) is 10.6. The van der Waals surface area contributed by atoms with E-state index in [1.807, 2.05) is 0 Å². The van der Waals surface area contributed by atoms with E-state index in [-0.39, 0.29) is 25.7 Å². The molecule has 0 spiro atoms. The van der Waals surface area contributed by atoms with Crippen molar-refractivity contribution in [2.45, 2.75) is 356 Å². The zero-order chi connectivity index (χ0) is 67.3. The number of carbonyl (C=O) groups is 4. The predicted octanol–water partition coefficient (Wildman–Crippen LogP) is 20.2. The Kier molecular flexibility index (Phi) is 60.7. The molecule has 19 heteroatoms. The van der Waals surface area contributed by atoms with Crippen LogP contribution in [0, 0.1) is 17.8 Å². The minimum atomic E-state index is -4.96. The van der Waals surface area contributed by atoms with E-state index in [1.54, 1.807) is 0 Å². The molecule has 0 radical (unpaired) electrons. The van der Waals surface area contributed by atoms with Crippen molar-refractivity contribution in [2.75, 3.05) is 39.6 Å². The average Bonchev–Trinajstić information content (AvgIpc) is 3.64. The van der Waals surface area contributed by atoms with E-state index in [9.17, 15) is 43.2 Å². The molecule has 17 nitrogen and oxygen atoms in total. The molecule has 536 valence electrons. The number of hydrogen-bond donors (Lipinski definition) is 3. The molecule has 3 N–H and O–H groups in total. The van der Waals surface area contributed by atoms with Gasteiger partial charge in [0.25, 0.3) is 0 Å². The Morgan fingerprint density at radius 1 is 0.363 bits per heavy atom. The van der Waals surface area contributed by atoms with Gasteiger partial charge in [0.15, 0.2) is 12.2 Å². The number of allylic oxidation sites excluding steroid dienone is 4. The second-order valence-corrected chi connectivity index (χ2v) is 29.2. The zero-order valence-electron chi connectivity index (χ0n) is 58.8. The van der Waals surface area contributed by atoms with Crippen LogP contribution in [-0.4, -0.2) is 96.7 Å². The fourth-order valence-corrected chi connectivity index (χ4v) is 11.9. The summed E-state index contributed by atoms with van der Waals surface area (Å²) < 4.78 is 68.3. The van der Waals surface area contributed by atoms with E-state index in [0.717, 1.165) is 127 Å². The highest BCUT2D eigenvalue weighted by atomic mass is 31.2. The standard InChI is InChI=1S/C72H136O17P2/c1-8-11-12-13-14-15-16-17-18-19-20-27-32-41-48-55-71(76)88-67(59-82-69(74)53-46-39-31-26-22-21-25-30-37-44-51-64(6)9-2)61-86-90(78,79)84-57-66(73)58-85-91(80,81)87-62-68(60-83-70(75)54-47-40-35-34-38-45-52-65(7)10-3)89-72(77)56-49-42-33-28-23-24-29-36-43-50-63(4)5/h15-18,63-68,73H,8-14,19-62H2,1-7H3,(H,78,79)(H,80,81)/b16-15-,18-17-/t64?,65?,66-,67-,68-/m1/s1. The van der Waals surface area contributed by atoms with Crippen LogP contribution in [0.15, 0.2) is 24.3 Å². The SMILES string of the molecule is CCCCCC/C=C\C=C/CCCCCCCC(=O)O[C@H](COC(=O)CCCCCCCCCCCCC(C)CC)COP(=O)(O)OC[C@@H](O)COP(=O)(O)OC[C@@H](COC(=O)CCCCCCCCC(C)CC)OC(=O)CCCCCCCCCCCC(C)C. The van der Waals surface area contributed by atoms with Crippen molar-refractivity contribution < 1.29 is 80.2 Å². The summed E-state index contributed by atoms with van der Waals surface area (Å²) in [4.78, 5) is 72.6. The average molecular weight is 1340 g/mol. The first-order chi connectivity index (χ1) is 43.8. The Morgan fingerprint density at radius 2 is 0.648 bits per heavy atom. The molecule has 0 amide bonds. The third-order valence-corrected chi connectivity index (χ3v) is 18.6. The lowest BCUT2D eigenvalue weighted by Gasteiger charge is -2.21. The summed E-state index contributed by atoms with van der Waals surface area (Å²) in [6.45, 7) is 11.8. The molecule has 0 aromatic carbocycles. The highest BCUT2D eigenvalue weighted by molar-refractivity contribution is 7.47. The van der Waals surface area contributed by atoms with Crippen LogP contribution >= 0.6 is 15.6 Å². The lowest BCUT2D eigenvalue weighted by Crippen LogP contribution is -2.30. The highest BCUT2D eigenvalue weighted by Crippen LogP contribution is 2.45. The van der Waals surface area contributed by atoms with Crippen molar-refractivity contribution in [1.29, 1.82) is 0 Å². The van der Waals surface area contributed by atoms with Gasteiger partial charge in [-0.2, -0.15) is 0 Å². The van der Waals surface area contributed by atoms with Gasteiger partial charge in [-0.1, -0.05) is 285 Å². The Hall–Kier alpha value is -2.46. The van der Waals surface area contributed by atoms with Gasteiger partial charge in [-0.05, 0) is 69.1 Å². The normalized spacial score (nSPS) is 14.9. The highest BCUT2D eigenvalue weighted by Gasteiger charge is 2.30. The fraction of sp³-hybridized carbons (Fsp3) is 0.889. The van der Waals surface area contributed by atoms with Gasteiger partial charge in [-0.3, -0.25) is 37.3 Å². The van der Waals surface area contributed by atoms with Crippen molar-refractivity contribution in [1.82, 2.24) is 0 Å². The third kappa shape index (κ3) is 63.4. The molecule has 0 saturated heterocycles. The zero-order valence-corrected chi connectivity index (χ0v) is 60.6. The number of esters is 4. The molecule has 0 aliphatic heterocycles. The molecule has 7 atom stereocenters. The van der Waals surface area contributed by atoms with Gasteiger partial charge < -0.3 is 33.8 Å². The molecule has 4 unspecified atom stereocenters. The molecule has 0 aliphatic carbocycles. The lowest BCUT2D eigenvalue weighted by atomic mass is 9.99. The molecule has 0 rings (SSSR count). The summed E-state index contributed by atoms with van der Waals surface area (Å²) in [6.07, 6.45) is 49.3. The van der Waals surface area contributed by atoms with Crippen LogP contribution < -0.4 is 0 Å². The number of phosphoric acid groups is 2. The first kappa shape index (κ1) is 88.5. The minimum Gasteiger partial charge on any atom is -0.462 e. The monoisotopic (exact) mass is 1330 g/mol. The van der Waals surface area contributed by atoms with Crippen LogP contribution in [0.1, 0.15) is 337 Å². The van der Waals surface area contributed by atoms with Gasteiger partial charge in [0.1, 0.15) is 19.3 Å². The smallest absolute Gasteiger partial charge is 0.462 e. The third-order valence-electron chi connectivity index (χ3n) is 16.7. The van der Waals surface area contributed by atoms with Crippen molar-refractivity contribution in [3.05, 3.63) is 24.3 Å². The van der Waals surface area contributed by atoms with Crippen LogP contribution in [0.2, 0.25) is 0 Å². The van der Waals surface area contributed by atoms with Gasteiger partial charge in [0.2, 0.25) is 0 Å².